The molecule has 0 N–H and O–H groups in total. The smallest absolute Gasteiger partial charge is 0.133 e. The first-order valence-corrected chi connectivity index (χ1v) is 5.93. The molecule has 0 bridgehead atoms. The van der Waals surface area contributed by atoms with E-state index in [-0.39, 0.29) is 18.1 Å². The number of ketones is 1. The van der Waals surface area contributed by atoms with Gasteiger partial charge in [-0.3, -0.25) is 4.79 Å². The first-order valence-electron chi connectivity index (χ1n) is 5.93. The summed E-state index contributed by atoms with van der Waals surface area (Å²) >= 11 is 0. The van der Waals surface area contributed by atoms with E-state index in [1.54, 1.807) is 0 Å². The fourth-order valence-electron chi connectivity index (χ4n) is 2.50. The Morgan fingerprint density at radius 1 is 1.29 bits per heavy atom. The van der Waals surface area contributed by atoms with Gasteiger partial charge >= 0.3 is 0 Å². The first kappa shape index (κ1) is 11.8. The number of carbonyl (C=O) groups is 2. The van der Waals surface area contributed by atoms with E-state index in [4.69, 9.17) is 0 Å². The molecule has 0 unspecified atom stereocenters. The zero-order valence-corrected chi connectivity index (χ0v) is 9.59. The molecule has 2 rings (SSSR count). The molecule has 3 nitrogen and oxygen atoms in total. The molecule has 2 atom stereocenters. The Kier molecular flexibility index (Phi) is 3.57. The maximum absolute atomic E-state index is 11.3. The van der Waals surface area contributed by atoms with Crippen molar-refractivity contribution in [3.63, 3.8) is 0 Å². The van der Waals surface area contributed by atoms with Crippen molar-refractivity contribution in [2.24, 2.45) is 11.8 Å². The third kappa shape index (κ3) is 2.93. The number of Topliss-reactive ketones (excluding diaryl/α,β-unsaturated/α-hetero) is 1. The number of carboxylic acids is 1. The van der Waals surface area contributed by atoms with Gasteiger partial charge in [0.25, 0.3) is 0 Å². The van der Waals surface area contributed by atoms with E-state index in [9.17, 15) is 14.7 Å². The maximum Gasteiger partial charge on any atom is 0.133 e. The Morgan fingerprint density at radius 3 is 2.65 bits per heavy atom. The van der Waals surface area contributed by atoms with Crippen LogP contribution in [0.2, 0.25) is 0 Å². The topological polar surface area (TPSA) is 57.2 Å². The van der Waals surface area contributed by atoms with Gasteiger partial charge in [-0.15, -0.1) is 0 Å². The van der Waals surface area contributed by atoms with Crippen LogP contribution in [0.3, 0.4) is 0 Å². The van der Waals surface area contributed by atoms with Crippen LogP contribution in [0.5, 0.6) is 0 Å². The molecule has 0 amide bonds. The predicted octanol–water partition coefficient (Wildman–Crippen LogP) is 0.964. The molecule has 0 heterocycles. The van der Waals surface area contributed by atoms with E-state index >= 15 is 0 Å². The minimum Gasteiger partial charge on any atom is -0.550 e. The lowest BCUT2D eigenvalue weighted by molar-refractivity contribution is -0.313. The van der Waals surface area contributed by atoms with Crippen molar-refractivity contribution >= 4 is 11.8 Å². The Labute approximate surface area is 100 Å². The summed E-state index contributed by atoms with van der Waals surface area (Å²) in [6.45, 7) is 0. The van der Waals surface area contributed by atoms with Gasteiger partial charge < -0.3 is 9.90 Å². The molecule has 0 aliphatic heterocycles. The maximum atomic E-state index is 11.3. The summed E-state index contributed by atoms with van der Waals surface area (Å²) in [7, 11) is 0. The van der Waals surface area contributed by atoms with Crippen LogP contribution in [0, 0.1) is 11.8 Å². The average molecular weight is 231 g/mol. The largest absolute Gasteiger partial charge is 0.550 e. The van der Waals surface area contributed by atoms with Crippen LogP contribution in [-0.2, 0) is 16.0 Å². The monoisotopic (exact) mass is 231 g/mol. The minimum atomic E-state index is -1.08. The third-order valence-corrected chi connectivity index (χ3v) is 3.45. The summed E-state index contributed by atoms with van der Waals surface area (Å²) < 4.78 is 0. The zero-order valence-electron chi connectivity index (χ0n) is 9.59. The average Bonchev–Trinajstić information content (AvgIpc) is 2.32. The van der Waals surface area contributed by atoms with E-state index in [0.29, 0.717) is 19.3 Å². The first-order chi connectivity index (χ1) is 8.16. The second-order valence-electron chi connectivity index (χ2n) is 4.66. The lowest BCUT2D eigenvalue weighted by Crippen LogP contribution is -2.40. The molecular weight excluding hydrogens is 216 g/mol. The van der Waals surface area contributed by atoms with Crippen LogP contribution in [-0.4, -0.2) is 11.8 Å². The van der Waals surface area contributed by atoms with Gasteiger partial charge in [0.2, 0.25) is 0 Å². The van der Waals surface area contributed by atoms with Crippen LogP contribution in [0.4, 0.5) is 0 Å². The molecule has 90 valence electrons. The van der Waals surface area contributed by atoms with Crippen molar-refractivity contribution in [2.45, 2.75) is 25.7 Å². The molecule has 1 fully saturated rings. The SMILES string of the molecule is O=C1CC[C@H](Cc2ccccc2)[C@H](C(=O)[O-])C1. The molecule has 0 saturated heterocycles. The zero-order chi connectivity index (χ0) is 12.3. The third-order valence-electron chi connectivity index (χ3n) is 3.45. The Hall–Kier alpha value is -1.64. The summed E-state index contributed by atoms with van der Waals surface area (Å²) in [6.07, 6.45) is 2.01. The quantitative estimate of drug-likeness (QED) is 0.778. The predicted molar refractivity (Wildman–Crippen MR) is 61.0 cm³/mol. The van der Waals surface area contributed by atoms with Gasteiger partial charge in [-0.1, -0.05) is 30.3 Å². The van der Waals surface area contributed by atoms with Crippen molar-refractivity contribution in [3.8, 4) is 0 Å². The lowest BCUT2D eigenvalue weighted by Gasteiger charge is -2.31. The van der Waals surface area contributed by atoms with Crippen LogP contribution in [0.1, 0.15) is 24.8 Å². The number of carbonyl (C=O) groups excluding carboxylic acids is 2. The van der Waals surface area contributed by atoms with Crippen LogP contribution >= 0.6 is 0 Å². The molecule has 3 heteroatoms. The van der Waals surface area contributed by atoms with Gasteiger partial charge in [0.05, 0.1) is 0 Å². The highest BCUT2D eigenvalue weighted by Crippen LogP contribution is 2.30. The number of aliphatic carboxylic acids is 1. The highest BCUT2D eigenvalue weighted by Gasteiger charge is 2.30. The van der Waals surface area contributed by atoms with Gasteiger partial charge in [0, 0.05) is 24.7 Å². The van der Waals surface area contributed by atoms with E-state index in [1.165, 1.54) is 0 Å². The van der Waals surface area contributed by atoms with Crippen LogP contribution in [0.25, 0.3) is 0 Å². The summed E-state index contributed by atoms with van der Waals surface area (Å²) in [5.41, 5.74) is 1.12. The number of carboxylic acid groups (broad SMARTS) is 1. The molecule has 1 saturated carbocycles. The molecule has 1 aliphatic rings. The van der Waals surface area contributed by atoms with E-state index in [0.717, 1.165) is 5.56 Å². The molecular formula is C14H15O3-. The van der Waals surface area contributed by atoms with Gasteiger partial charge in [-0.25, -0.2) is 0 Å². The van der Waals surface area contributed by atoms with E-state index in [1.807, 2.05) is 30.3 Å². The summed E-state index contributed by atoms with van der Waals surface area (Å²) in [5.74, 6) is -1.63. The molecule has 0 aromatic heterocycles. The number of hydrogen-bond donors (Lipinski definition) is 0. The molecule has 1 aromatic rings. The molecule has 0 radical (unpaired) electrons. The van der Waals surface area contributed by atoms with Crippen molar-refractivity contribution in [3.05, 3.63) is 35.9 Å². The van der Waals surface area contributed by atoms with E-state index in [2.05, 4.69) is 0 Å². The Morgan fingerprint density at radius 2 is 2.00 bits per heavy atom. The van der Waals surface area contributed by atoms with Gasteiger partial charge in [0.1, 0.15) is 5.78 Å². The minimum absolute atomic E-state index is 0.0279. The molecule has 0 spiro atoms. The molecule has 17 heavy (non-hydrogen) atoms. The molecule has 1 aromatic carbocycles. The molecule has 1 aliphatic carbocycles. The van der Waals surface area contributed by atoms with Crippen molar-refractivity contribution in [1.82, 2.24) is 0 Å². The fourth-order valence-corrected chi connectivity index (χ4v) is 2.50. The summed E-state index contributed by atoms with van der Waals surface area (Å²) in [6, 6.07) is 9.80. The number of rotatable bonds is 3. The highest BCUT2D eigenvalue weighted by atomic mass is 16.4. The summed E-state index contributed by atoms with van der Waals surface area (Å²) in [5, 5.41) is 11.0. The van der Waals surface area contributed by atoms with Crippen LogP contribution < -0.4 is 5.11 Å². The standard InChI is InChI=1S/C14H16O3/c15-12-7-6-11(13(9-12)14(16)17)8-10-4-2-1-3-5-10/h1-5,11,13H,6-9H2,(H,16,17)/p-1/t11-,13-/m1/s1. The number of benzene rings is 1. The number of hydrogen-bond acceptors (Lipinski definition) is 3. The van der Waals surface area contributed by atoms with E-state index < -0.39 is 11.9 Å². The van der Waals surface area contributed by atoms with Crippen LogP contribution in [0.15, 0.2) is 30.3 Å². The van der Waals surface area contributed by atoms with Crippen molar-refractivity contribution in [2.75, 3.05) is 0 Å². The second-order valence-corrected chi connectivity index (χ2v) is 4.66. The lowest BCUT2D eigenvalue weighted by atomic mass is 9.76. The van der Waals surface area contributed by atoms with Crippen molar-refractivity contribution < 1.29 is 14.7 Å². The van der Waals surface area contributed by atoms with Gasteiger partial charge in [-0.2, -0.15) is 0 Å². The Bertz CT molecular complexity index is 411. The van der Waals surface area contributed by atoms with Gasteiger partial charge in [0.15, 0.2) is 0 Å². The van der Waals surface area contributed by atoms with Gasteiger partial charge in [-0.05, 0) is 24.3 Å². The fraction of sp³-hybridized carbons (Fsp3) is 0.429. The Balaban J connectivity index is 2.08. The summed E-state index contributed by atoms with van der Waals surface area (Å²) in [4.78, 5) is 22.3. The highest BCUT2D eigenvalue weighted by molar-refractivity contribution is 5.84. The van der Waals surface area contributed by atoms with Crippen molar-refractivity contribution in [1.29, 1.82) is 0 Å². The second kappa shape index (κ2) is 5.13. The normalized spacial score (nSPS) is 24.6.